The Morgan fingerprint density at radius 3 is 2.64 bits per heavy atom. The number of amides is 1. The maximum absolute atomic E-state index is 12.4. The molecule has 7 nitrogen and oxygen atoms in total. The Hall–Kier alpha value is -2.96. The van der Waals surface area contributed by atoms with Crippen molar-refractivity contribution in [1.82, 2.24) is 4.98 Å². The van der Waals surface area contributed by atoms with Crippen LogP contribution in [0, 0.1) is 0 Å². The topological polar surface area (TPSA) is 81.7 Å². The number of nitrogens with zero attached hydrogens (tertiary/aromatic N) is 1. The quantitative estimate of drug-likeness (QED) is 0.869. The smallest absolute Gasteiger partial charge is 0.246 e. The van der Waals surface area contributed by atoms with E-state index in [2.05, 4.69) is 15.6 Å². The van der Waals surface area contributed by atoms with Crippen LogP contribution in [0.25, 0.3) is 0 Å². The van der Waals surface area contributed by atoms with Crippen LogP contribution in [0.2, 0.25) is 0 Å². The Morgan fingerprint density at radius 2 is 1.92 bits per heavy atom. The molecule has 0 saturated heterocycles. The van der Waals surface area contributed by atoms with Crippen molar-refractivity contribution < 1.29 is 19.0 Å². The molecule has 1 aliphatic rings. The number of pyridine rings is 1. The molecular weight excluding hydrogens is 322 g/mol. The minimum Gasteiger partial charge on any atom is -0.490 e. The number of hydrogen-bond acceptors (Lipinski definition) is 6. The monoisotopic (exact) mass is 343 g/mol. The van der Waals surface area contributed by atoms with Crippen LogP contribution in [0.3, 0.4) is 0 Å². The van der Waals surface area contributed by atoms with E-state index in [0.29, 0.717) is 36.3 Å². The molecule has 2 heterocycles. The number of fused-ring (bicyclic) bond motifs is 1. The fourth-order valence-corrected chi connectivity index (χ4v) is 2.39. The van der Waals surface area contributed by atoms with Gasteiger partial charge in [0.1, 0.15) is 6.04 Å². The zero-order valence-corrected chi connectivity index (χ0v) is 14.2. The Balaban J connectivity index is 1.61. The standard InChI is InChI=1S/C18H21N3O4/c1-12(20-14-5-7-17(23-2)19-11-14)18(22)21-13-4-6-15-16(10-13)25-9-3-8-24-15/h4-7,10-12,20H,3,8-9H2,1-2H3,(H,21,22). The molecule has 0 aliphatic carbocycles. The van der Waals surface area contributed by atoms with Gasteiger partial charge in [0.25, 0.3) is 0 Å². The van der Waals surface area contributed by atoms with Crippen LogP contribution in [-0.4, -0.2) is 37.3 Å². The van der Waals surface area contributed by atoms with Gasteiger partial charge in [-0.3, -0.25) is 4.79 Å². The van der Waals surface area contributed by atoms with E-state index in [1.54, 1.807) is 38.4 Å². The predicted octanol–water partition coefficient (Wildman–Crippen LogP) is 2.69. The zero-order valence-electron chi connectivity index (χ0n) is 14.2. The van der Waals surface area contributed by atoms with Crippen LogP contribution in [0.4, 0.5) is 11.4 Å². The lowest BCUT2D eigenvalue weighted by Crippen LogP contribution is -2.31. The maximum Gasteiger partial charge on any atom is 0.246 e. The molecule has 0 fully saturated rings. The third-order valence-corrected chi connectivity index (χ3v) is 3.74. The Kier molecular flexibility index (Phi) is 5.23. The molecule has 1 atom stereocenters. The van der Waals surface area contributed by atoms with Crippen molar-refractivity contribution in [3.63, 3.8) is 0 Å². The third kappa shape index (κ3) is 4.32. The average Bonchev–Trinajstić information content (AvgIpc) is 2.87. The molecule has 0 radical (unpaired) electrons. The van der Waals surface area contributed by atoms with Gasteiger partial charge < -0.3 is 24.8 Å². The molecule has 1 aromatic heterocycles. The van der Waals surface area contributed by atoms with E-state index >= 15 is 0 Å². The first kappa shape index (κ1) is 16.9. The first-order valence-electron chi connectivity index (χ1n) is 8.13. The fraction of sp³-hybridized carbons (Fsp3) is 0.333. The third-order valence-electron chi connectivity index (χ3n) is 3.74. The Labute approximate surface area is 146 Å². The van der Waals surface area contributed by atoms with E-state index in [1.165, 1.54) is 0 Å². The number of anilines is 2. The van der Waals surface area contributed by atoms with Gasteiger partial charge in [-0.15, -0.1) is 0 Å². The number of rotatable bonds is 5. The summed E-state index contributed by atoms with van der Waals surface area (Å²) in [6.07, 6.45) is 2.46. The highest BCUT2D eigenvalue weighted by Crippen LogP contribution is 2.32. The van der Waals surface area contributed by atoms with Crippen molar-refractivity contribution in [3.8, 4) is 17.4 Å². The Morgan fingerprint density at radius 1 is 1.16 bits per heavy atom. The first-order chi connectivity index (χ1) is 12.2. The Bertz CT molecular complexity index is 734. The molecular formula is C18H21N3O4. The summed E-state index contributed by atoms with van der Waals surface area (Å²) < 4.78 is 16.2. The highest BCUT2D eigenvalue weighted by molar-refractivity contribution is 5.96. The summed E-state index contributed by atoms with van der Waals surface area (Å²) in [5, 5.41) is 5.97. The molecule has 1 unspecified atom stereocenters. The lowest BCUT2D eigenvalue weighted by Gasteiger charge is -2.16. The minimum atomic E-state index is -0.439. The van der Waals surface area contributed by atoms with Gasteiger partial charge in [-0.25, -0.2) is 4.98 Å². The van der Waals surface area contributed by atoms with Gasteiger partial charge in [-0.05, 0) is 25.1 Å². The summed E-state index contributed by atoms with van der Waals surface area (Å²) in [6.45, 7) is 3.02. The van der Waals surface area contributed by atoms with Crippen LogP contribution in [0.1, 0.15) is 13.3 Å². The summed E-state index contributed by atoms with van der Waals surface area (Å²) in [5.41, 5.74) is 1.40. The van der Waals surface area contributed by atoms with Gasteiger partial charge in [0.2, 0.25) is 11.8 Å². The molecule has 2 N–H and O–H groups in total. The fourth-order valence-electron chi connectivity index (χ4n) is 2.39. The number of nitrogens with one attached hydrogen (secondary N) is 2. The second-order valence-corrected chi connectivity index (χ2v) is 5.66. The number of benzene rings is 1. The van der Waals surface area contributed by atoms with E-state index < -0.39 is 6.04 Å². The van der Waals surface area contributed by atoms with Crippen molar-refractivity contribution in [1.29, 1.82) is 0 Å². The van der Waals surface area contributed by atoms with Crippen LogP contribution >= 0.6 is 0 Å². The van der Waals surface area contributed by atoms with Crippen molar-refractivity contribution >= 4 is 17.3 Å². The van der Waals surface area contributed by atoms with Crippen LogP contribution < -0.4 is 24.8 Å². The van der Waals surface area contributed by atoms with Crippen molar-refractivity contribution in [2.24, 2.45) is 0 Å². The molecule has 132 valence electrons. The second-order valence-electron chi connectivity index (χ2n) is 5.66. The molecule has 25 heavy (non-hydrogen) atoms. The average molecular weight is 343 g/mol. The molecule has 7 heteroatoms. The SMILES string of the molecule is COc1ccc(NC(C)C(=O)Nc2ccc3c(c2)OCCCO3)cn1. The van der Waals surface area contributed by atoms with Gasteiger partial charge in [0, 0.05) is 24.2 Å². The molecule has 0 spiro atoms. The number of hydrogen-bond donors (Lipinski definition) is 2. The lowest BCUT2D eigenvalue weighted by atomic mass is 10.2. The zero-order chi connectivity index (χ0) is 17.6. The number of methoxy groups -OCH3 is 1. The van der Waals surface area contributed by atoms with Crippen molar-refractivity contribution in [2.75, 3.05) is 31.0 Å². The number of carbonyl (C=O) groups is 1. The van der Waals surface area contributed by atoms with Gasteiger partial charge in [0.15, 0.2) is 11.5 Å². The van der Waals surface area contributed by atoms with Crippen LogP contribution in [0.15, 0.2) is 36.5 Å². The normalized spacial score (nSPS) is 14.2. The summed E-state index contributed by atoms with van der Waals surface area (Å²) in [6, 6.07) is 8.49. The van der Waals surface area contributed by atoms with Crippen LogP contribution in [0.5, 0.6) is 17.4 Å². The van der Waals surface area contributed by atoms with E-state index in [-0.39, 0.29) is 5.91 Å². The number of ether oxygens (including phenoxy) is 3. The molecule has 1 amide bonds. The minimum absolute atomic E-state index is 0.162. The van der Waals surface area contributed by atoms with Crippen LogP contribution in [-0.2, 0) is 4.79 Å². The summed E-state index contributed by atoms with van der Waals surface area (Å²) in [5.74, 6) is 1.71. The number of carbonyl (C=O) groups excluding carboxylic acids is 1. The van der Waals surface area contributed by atoms with E-state index in [0.717, 1.165) is 12.1 Å². The molecule has 1 aromatic carbocycles. The molecule has 0 saturated carbocycles. The lowest BCUT2D eigenvalue weighted by molar-refractivity contribution is -0.116. The van der Waals surface area contributed by atoms with E-state index in [1.807, 2.05) is 12.1 Å². The number of aromatic nitrogens is 1. The first-order valence-corrected chi connectivity index (χ1v) is 8.13. The molecule has 1 aliphatic heterocycles. The highest BCUT2D eigenvalue weighted by atomic mass is 16.5. The van der Waals surface area contributed by atoms with Crippen molar-refractivity contribution in [2.45, 2.75) is 19.4 Å². The molecule has 3 rings (SSSR count). The van der Waals surface area contributed by atoms with Gasteiger partial charge in [0.05, 0.1) is 32.2 Å². The predicted molar refractivity (Wildman–Crippen MR) is 94.6 cm³/mol. The van der Waals surface area contributed by atoms with Crippen molar-refractivity contribution in [3.05, 3.63) is 36.5 Å². The molecule has 2 aromatic rings. The summed E-state index contributed by atoms with van der Waals surface area (Å²) in [7, 11) is 1.56. The largest absolute Gasteiger partial charge is 0.490 e. The summed E-state index contributed by atoms with van der Waals surface area (Å²) in [4.78, 5) is 16.5. The second kappa shape index (κ2) is 7.74. The van der Waals surface area contributed by atoms with Gasteiger partial charge in [-0.1, -0.05) is 0 Å². The molecule has 0 bridgehead atoms. The van der Waals surface area contributed by atoms with E-state index in [4.69, 9.17) is 14.2 Å². The maximum atomic E-state index is 12.4. The van der Waals surface area contributed by atoms with Gasteiger partial charge >= 0.3 is 0 Å². The van der Waals surface area contributed by atoms with E-state index in [9.17, 15) is 4.79 Å². The summed E-state index contributed by atoms with van der Waals surface area (Å²) >= 11 is 0. The van der Waals surface area contributed by atoms with Gasteiger partial charge in [-0.2, -0.15) is 0 Å². The highest BCUT2D eigenvalue weighted by Gasteiger charge is 2.15.